The zero-order valence-corrected chi connectivity index (χ0v) is 19.1. The first-order valence-corrected chi connectivity index (χ1v) is 11.1. The molecular formula is C24H28N6O3. The van der Waals surface area contributed by atoms with Crippen molar-refractivity contribution in [3.05, 3.63) is 59.5 Å². The van der Waals surface area contributed by atoms with Crippen LogP contribution in [-0.2, 0) is 9.53 Å². The van der Waals surface area contributed by atoms with E-state index < -0.39 is 5.97 Å². The van der Waals surface area contributed by atoms with Gasteiger partial charge in [-0.1, -0.05) is 18.2 Å². The van der Waals surface area contributed by atoms with Gasteiger partial charge in [-0.05, 0) is 51.8 Å². The van der Waals surface area contributed by atoms with E-state index in [4.69, 9.17) is 4.74 Å². The van der Waals surface area contributed by atoms with Crippen molar-refractivity contribution in [2.45, 2.75) is 33.6 Å². The van der Waals surface area contributed by atoms with Gasteiger partial charge in [0, 0.05) is 30.4 Å². The molecule has 0 aliphatic carbocycles. The fraction of sp³-hybridized carbons (Fsp3) is 0.375. The highest BCUT2D eigenvalue weighted by Crippen LogP contribution is 2.26. The summed E-state index contributed by atoms with van der Waals surface area (Å²) in [6.45, 7) is 7.25. The lowest BCUT2D eigenvalue weighted by Gasteiger charge is -2.31. The molecule has 1 N–H and O–H groups in total. The number of carbonyl (C=O) groups is 2. The van der Waals surface area contributed by atoms with Crippen LogP contribution in [0.3, 0.4) is 0 Å². The molecule has 1 saturated heterocycles. The number of benzene rings is 1. The SMILES string of the molecule is CCOC(=O)c1cnn(-c2ccccc2)c1NC(=O)C1CCN(c2nc(C)cc(C)n2)CC1. The Balaban J connectivity index is 1.50. The quantitative estimate of drug-likeness (QED) is 0.577. The van der Waals surface area contributed by atoms with Gasteiger partial charge in [-0.25, -0.2) is 19.4 Å². The number of anilines is 2. The monoisotopic (exact) mass is 448 g/mol. The standard InChI is InChI=1S/C24H28N6O3/c1-4-33-23(32)20-15-25-30(19-8-6-5-7-9-19)21(20)28-22(31)18-10-12-29(13-11-18)24-26-16(2)14-17(3)27-24/h5-9,14-15,18H,4,10-13H2,1-3H3,(H,28,31). The Morgan fingerprint density at radius 3 is 2.39 bits per heavy atom. The Morgan fingerprint density at radius 2 is 1.76 bits per heavy atom. The van der Waals surface area contributed by atoms with E-state index in [1.54, 1.807) is 11.6 Å². The molecule has 1 amide bonds. The van der Waals surface area contributed by atoms with Crippen molar-refractivity contribution in [2.75, 3.05) is 29.9 Å². The maximum absolute atomic E-state index is 13.2. The first-order valence-electron chi connectivity index (χ1n) is 11.1. The molecule has 0 bridgehead atoms. The van der Waals surface area contributed by atoms with E-state index in [1.165, 1.54) is 6.20 Å². The fourth-order valence-corrected chi connectivity index (χ4v) is 4.00. The van der Waals surface area contributed by atoms with Gasteiger partial charge in [-0.2, -0.15) is 5.10 Å². The van der Waals surface area contributed by atoms with Crippen LogP contribution in [0.4, 0.5) is 11.8 Å². The van der Waals surface area contributed by atoms with Gasteiger partial charge in [0.1, 0.15) is 5.56 Å². The molecule has 9 nitrogen and oxygen atoms in total. The maximum atomic E-state index is 13.2. The van der Waals surface area contributed by atoms with Crippen LogP contribution in [0, 0.1) is 19.8 Å². The molecule has 1 aliphatic heterocycles. The molecule has 1 fully saturated rings. The second kappa shape index (κ2) is 9.81. The van der Waals surface area contributed by atoms with Crippen LogP contribution in [-0.4, -0.2) is 51.3 Å². The highest BCUT2D eigenvalue weighted by Gasteiger charge is 2.29. The van der Waals surface area contributed by atoms with E-state index in [2.05, 4.69) is 25.3 Å². The molecule has 4 rings (SSSR count). The van der Waals surface area contributed by atoms with Crippen LogP contribution < -0.4 is 10.2 Å². The van der Waals surface area contributed by atoms with Gasteiger partial charge in [-0.15, -0.1) is 0 Å². The Morgan fingerprint density at radius 1 is 1.09 bits per heavy atom. The molecule has 33 heavy (non-hydrogen) atoms. The topological polar surface area (TPSA) is 102 Å². The van der Waals surface area contributed by atoms with Crippen molar-refractivity contribution in [3.63, 3.8) is 0 Å². The van der Waals surface area contributed by atoms with Crippen LogP contribution in [0.5, 0.6) is 0 Å². The average molecular weight is 449 g/mol. The predicted octanol–water partition coefficient (Wildman–Crippen LogP) is 3.31. The molecule has 3 heterocycles. The number of nitrogens with zero attached hydrogens (tertiary/aromatic N) is 5. The zero-order chi connectivity index (χ0) is 23.4. The Bertz CT molecular complexity index is 1120. The van der Waals surface area contributed by atoms with E-state index in [9.17, 15) is 9.59 Å². The molecule has 2 aromatic heterocycles. The fourth-order valence-electron chi connectivity index (χ4n) is 4.00. The number of esters is 1. The van der Waals surface area contributed by atoms with Gasteiger partial charge in [0.2, 0.25) is 11.9 Å². The second-order valence-corrected chi connectivity index (χ2v) is 8.08. The minimum atomic E-state index is -0.517. The number of nitrogens with one attached hydrogen (secondary N) is 1. The minimum Gasteiger partial charge on any atom is -0.462 e. The summed E-state index contributed by atoms with van der Waals surface area (Å²) in [5.74, 6) is 0.181. The normalized spacial score (nSPS) is 14.2. The number of hydrogen-bond acceptors (Lipinski definition) is 7. The van der Waals surface area contributed by atoms with Gasteiger partial charge in [0.05, 0.1) is 18.5 Å². The first-order chi connectivity index (χ1) is 16.0. The number of ether oxygens (including phenoxy) is 1. The lowest BCUT2D eigenvalue weighted by molar-refractivity contribution is -0.120. The number of hydrogen-bond donors (Lipinski definition) is 1. The molecule has 0 radical (unpaired) electrons. The van der Waals surface area contributed by atoms with E-state index in [1.807, 2.05) is 50.2 Å². The minimum absolute atomic E-state index is 0.140. The molecule has 0 atom stereocenters. The summed E-state index contributed by atoms with van der Waals surface area (Å²) in [6.07, 6.45) is 2.76. The summed E-state index contributed by atoms with van der Waals surface area (Å²) in [5, 5.41) is 7.28. The third-order valence-corrected chi connectivity index (χ3v) is 5.63. The summed E-state index contributed by atoms with van der Waals surface area (Å²) in [6, 6.07) is 11.3. The third-order valence-electron chi connectivity index (χ3n) is 5.63. The van der Waals surface area contributed by atoms with E-state index >= 15 is 0 Å². The Labute approximate surface area is 192 Å². The molecule has 0 saturated carbocycles. The van der Waals surface area contributed by atoms with Crippen molar-refractivity contribution in [1.82, 2.24) is 19.7 Å². The van der Waals surface area contributed by atoms with Crippen LogP contribution in [0.2, 0.25) is 0 Å². The van der Waals surface area contributed by atoms with Crippen LogP contribution >= 0.6 is 0 Å². The number of para-hydroxylation sites is 1. The molecule has 3 aromatic rings. The van der Waals surface area contributed by atoms with Gasteiger partial charge < -0.3 is 15.0 Å². The second-order valence-electron chi connectivity index (χ2n) is 8.08. The van der Waals surface area contributed by atoms with E-state index in [0.717, 1.165) is 17.1 Å². The molecule has 172 valence electrons. The van der Waals surface area contributed by atoms with E-state index in [-0.39, 0.29) is 24.0 Å². The summed E-state index contributed by atoms with van der Waals surface area (Å²) in [4.78, 5) is 36.8. The molecule has 1 aromatic carbocycles. The molecule has 0 spiro atoms. The van der Waals surface area contributed by atoms with Crippen LogP contribution in [0.15, 0.2) is 42.6 Å². The highest BCUT2D eigenvalue weighted by atomic mass is 16.5. The van der Waals surface area contributed by atoms with Gasteiger partial charge in [0.15, 0.2) is 5.82 Å². The predicted molar refractivity (Wildman–Crippen MR) is 125 cm³/mol. The van der Waals surface area contributed by atoms with Gasteiger partial charge in [0.25, 0.3) is 0 Å². The maximum Gasteiger partial charge on any atom is 0.343 e. The summed E-state index contributed by atoms with van der Waals surface area (Å²) >= 11 is 0. The van der Waals surface area contributed by atoms with Crippen LogP contribution in [0.1, 0.15) is 41.5 Å². The van der Waals surface area contributed by atoms with E-state index in [0.29, 0.717) is 37.7 Å². The van der Waals surface area contributed by atoms with Gasteiger partial charge >= 0.3 is 5.97 Å². The summed E-state index contributed by atoms with van der Waals surface area (Å²) in [5.41, 5.74) is 2.83. The highest BCUT2D eigenvalue weighted by molar-refractivity contribution is 6.01. The average Bonchev–Trinajstić information content (AvgIpc) is 3.23. The van der Waals surface area contributed by atoms with Crippen molar-refractivity contribution in [3.8, 4) is 5.69 Å². The molecule has 9 heteroatoms. The molecule has 1 aliphatic rings. The number of aromatic nitrogens is 4. The molecular weight excluding hydrogens is 420 g/mol. The third kappa shape index (κ3) is 5.02. The lowest BCUT2D eigenvalue weighted by Crippen LogP contribution is -2.39. The zero-order valence-electron chi connectivity index (χ0n) is 19.1. The lowest BCUT2D eigenvalue weighted by atomic mass is 9.96. The Hall–Kier alpha value is -3.75. The van der Waals surface area contributed by atoms with Gasteiger partial charge in [-0.3, -0.25) is 4.79 Å². The summed E-state index contributed by atoms with van der Waals surface area (Å²) < 4.78 is 6.72. The van der Waals surface area contributed by atoms with Crippen molar-refractivity contribution in [2.24, 2.45) is 5.92 Å². The summed E-state index contributed by atoms with van der Waals surface area (Å²) in [7, 11) is 0. The van der Waals surface area contributed by atoms with Crippen molar-refractivity contribution >= 4 is 23.6 Å². The van der Waals surface area contributed by atoms with Crippen molar-refractivity contribution in [1.29, 1.82) is 0 Å². The number of carbonyl (C=O) groups excluding carboxylic acids is 2. The number of rotatable bonds is 6. The number of piperidine rings is 1. The smallest absolute Gasteiger partial charge is 0.343 e. The molecule has 0 unspecified atom stereocenters. The first kappa shape index (κ1) is 22.4. The number of amides is 1. The number of aryl methyl sites for hydroxylation is 2. The van der Waals surface area contributed by atoms with Crippen LogP contribution in [0.25, 0.3) is 5.69 Å². The van der Waals surface area contributed by atoms with Crippen molar-refractivity contribution < 1.29 is 14.3 Å². The largest absolute Gasteiger partial charge is 0.462 e. The Kier molecular flexibility index (Phi) is 6.67.